The summed E-state index contributed by atoms with van der Waals surface area (Å²) in [6, 6.07) is 0. The lowest BCUT2D eigenvalue weighted by atomic mass is 10.2. The minimum atomic E-state index is -4.43. The van der Waals surface area contributed by atoms with E-state index in [-0.39, 0.29) is 13.1 Å². The van der Waals surface area contributed by atoms with E-state index in [1.807, 2.05) is 0 Å². The smallest absolute Gasteiger partial charge is 0.407 e. The van der Waals surface area contributed by atoms with E-state index < -0.39 is 50.1 Å². The lowest BCUT2D eigenvalue weighted by Crippen LogP contribution is -2.36. The van der Waals surface area contributed by atoms with Crippen LogP contribution in [-0.4, -0.2) is 63.2 Å². The fourth-order valence-electron chi connectivity index (χ4n) is 1.54. The largest absolute Gasteiger partial charge is 0.443 e. The summed E-state index contributed by atoms with van der Waals surface area (Å²) in [5.41, 5.74) is 0. The minimum absolute atomic E-state index is 0.0251. The zero-order valence-corrected chi connectivity index (χ0v) is 14.5. The van der Waals surface area contributed by atoms with Crippen LogP contribution in [0.5, 0.6) is 0 Å². The van der Waals surface area contributed by atoms with Gasteiger partial charge in [-0.1, -0.05) is 12.8 Å². The van der Waals surface area contributed by atoms with Crippen molar-refractivity contribution >= 4 is 12.2 Å². The maximum Gasteiger partial charge on any atom is 0.407 e. The molecule has 0 heterocycles. The van der Waals surface area contributed by atoms with Crippen LogP contribution in [0.4, 0.5) is 44.7 Å². The number of halogens is 8. The Balaban J connectivity index is 3.62. The van der Waals surface area contributed by atoms with Gasteiger partial charge in [0.15, 0.2) is 13.2 Å². The van der Waals surface area contributed by atoms with E-state index >= 15 is 0 Å². The number of carbonyl (C=O) groups is 2. The Bertz CT molecular complexity index is 438. The van der Waals surface area contributed by atoms with Crippen molar-refractivity contribution in [2.24, 2.45) is 0 Å². The van der Waals surface area contributed by atoms with E-state index in [1.165, 1.54) is 0 Å². The van der Waals surface area contributed by atoms with Gasteiger partial charge >= 0.3 is 36.9 Å². The molecule has 0 aliphatic heterocycles. The third-order valence-electron chi connectivity index (χ3n) is 3.07. The molecule has 0 aromatic carbocycles. The van der Waals surface area contributed by atoms with Crippen LogP contribution in [0.2, 0.25) is 0 Å². The monoisotopic (exact) mass is 432 g/mol. The topological polar surface area (TPSA) is 76.7 Å². The quantitative estimate of drug-likeness (QED) is 0.343. The van der Waals surface area contributed by atoms with Crippen molar-refractivity contribution in [3.8, 4) is 0 Å². The van der Waals surface area contributed by atoms with E-state index in [0.717, 1.165) is 0 Å². The molecule has 0 aliphatic carbocycles. The van der Waals surface area contributed by atoms with Crippen LogP contribution in [-0.2, 0) is 9.47 Å². The molecular formula is C14H20F8N2O4. The summed E-state index contributed by atoms with van der Waals surface area (Å²) >= 11 is 0. The summed E-state index contributed by atoms with van der Waals surface area (Å²) in [4.78, 5) is 22.0. The average Bonchev–Trinajstić information content (AvgIpc) is 2.60. The fraction of sp³-hybridized carbons (Fsp3) is 0.857. The van der Waals surface area contributed by atoms with E-state index in [4.69, 9.17) is 0 Å². The third-order valence-corrected chi connectivity index (χ3v) is 3.07. The molecular weight excluding hydrogens is 412 g/mol. The van der Waals surface area contributed by atoms with Gasteiger partial charge < -0.3 is 20.1 Å². The van der Waals surface area contributed by atoms with Gasteiger partial charge in [0.2, 0.25) is 0 Å². The summed E-state index contributed by atoms with van der Waals surface area (Å²) in [5, 5.41) is 4.16. The van der Waals surface area contributed by atoms with Crippen LogP contribution in [0.1, 0.15) is 25.7 Å². The molecule has 28 heavy (non-hydrogen) atoms. The van der Waals surface area contributed by atoms with Crippen molar-refractivity contribution in [2.75, 3.05) is 26.3 Å². The molecule has 0 rings (SSSR count). The van der Waals surface area contributed by atoms with Crippen LogP contribution in [0.3, 0.4) is 0 Å². The number of ether oxygens (including phenoxy) is 2. The number of alkyl halides is 8. The van der Waals surface area contributed by atoms with Gasteiger partial charge in [-0.25, -0.2) is 27.2 Å². The molecule has 0 radical (unpaired) electrons. The summed E-state index contributed by atoms with van der Waals surface area (Å²) in [6.45, 7) is -3.45. The van der Waals surface area contributed by atoms with Gasteiger partial charge in [0.1, 0.15) is 0 Å². The van der Waals surface area contributed by atoms with E-state index in [9.17, 15) is 44.7 Å². The van der Waals surface area contributed by atoms with E-state index in [1.54, 1.807) is 0 Å². The highest BCUT2D eigenvalue weighted by atomic mass is 19.3. The molecule has 166 valence electrons. The van der Waals surface area contributed by atoms with E-state index in [2.05, 4.69) is 20.1 Å². The number of hydrogen-bond acceptors (Lipinski definition) is 4. The van der Waals surface area contributed by atoms with Gasteiger partial charge in [-0.05, 0) is 12.8 Å². The number of hydrogen-bond donors (Lipinski definition) is 2. The maximum absolute atomic E-state index is 12.5. The van der Waals surface area contributed by atoms with Gasteiger partial charge in [0.05, 0.1) is 0 Å². The van der Waals surface area contributed by atoms with Crippen LogP contribution >= 0.6 is 0 Å². The first-order valence-electron chi connectivity index (χ1n) is 8.01. The first-order valence-corrected chi connectivity index (χ1v) is 8.01. The highest BCUT2D eigenvalue weighted by Gasteiger charge is 2.43. The van der Waals surface area contributed by atoms with Crippen LogP contribution in [0, 0.1) is 0 Å². The molecule has 2 amide bonds. The molecule has 2 N–H and O–H groups in total. The summed E-state index contributed by atoms with van der Waals surface area (Å²) < 4.78 is 105. The molecule has 0 aromatic rings. The SMILES string of the molecule is O=C(NCCCCCCNC(=O)OCC(F)(F)C(F)F)OCC(F)(F)C(F)F. The number of alkyl carbamates (subject to hydrolysis) is 2. The molecule has 0 aromatic heterocycles. The molecule has 14 heteroatoms. The van der Waals surface area contributed by atoms with Crippen LogP contribution in [0.25, 0.3) is 0 Å². The molecule has 0 saturated heterocycles. The van der Waals surface area contributed by atoms with Crippen molar-refractivity contribution in [1.29, 1.82) is 0 Å². The number of unbranched alkanes of at least 4 members (excludes halogenated alkanes) is 3. The molecule has 0 fully saturated rings. The maximum atomic E-state index is 12.5. The van der Waals surface area contributed by atoms with Crippen LogP contribution in [0.15, 0.2) is 0 Å². The van der Waals surface area contributed by atoms with Gasteiger partial charge in [0.25, 0.3) is 0 Å². The van der Waals surface area contributed by atoms with E-state index in [0.29, 0.717) is 25.7 Å². The Kier molecular flexibility index (Phi) is 11.5. The lowest BCUT2D eigenvalue weighted by molar-refractivity contribution is -0.153. The van der Waals surface area contributed by atoms with Crippen molar-refractivity contribution in [1.82, 2.24) is 10.6 Å². The Morgan fingerprint density at radius 1 is 0.679 bits per heavy atom. The number of amides is 2. The number of rotatable bonds is 13. The summed E-state index contributed by atoms with van der Waals surface area (Å²) in [7, 11) is 0. The minimum Gasteiger partial charge on any atom is -0.443 e. The van der Waals surface area contributed by atoms with Crippen LogP contribution < -0.4 is 10.6 Å². The highest BCUT2D eigenvalue weighted by molar-refractivity contribution is 5.67. The molecule has 0 unspecified atom stereocenters. The Morgan fingerprint density at radius 3 is 1.29 bits per heavy atom. The lowest BCUT2D eigenvalue weighted by Gasteiger charge is -2.15. The normalized spacial score (nSPS) is 12.2. The van der Waals surface area contributed by atoms with Crippen molar-refractivity contribution < 1.29 is 54.2 Å². The number of nitrogens with one attached hydrogen (secondary N) is 2. The van der Waals surface area contributed by atoms with Crippen molar-refractivity contribution in [3.63, 3.8) is 0 Å². The zero-order valence-electron chi connectivity index (χ0n) is 14.5. The molecule has 0 spiro atoms. The second-order valence-corrected chi connectivity index (χ2v) is 5.54. The molecule has 0 saturated carbocycles. The predicted octanol–water partition coefficient (Wildman–Crippen LogP) is 3.80. The van der Waals surface area contributed by atoms with Crippen molar-refractivity contribution in [3.05, 3.63) is 0 Å². The highest BCUT2D eigenvalue weighted by Crippen LogP contribution is 2.23. The molecule has 6 nitrogen and oxygen atoms in total. The standard InChI is InChI=1S/C14H20F8N2O4/c15-9(16)13(19,20)7-27-11(25)23-5-3-1-2-4-6-24-12(26)28-8-14(21,22)10(17)18/h9-10H,1-8H2,(H,23,25)(H,24,26). The molecule has 0 atom stereocenters. The second-order valence-electron chi connectivity index (χ2n) is 5.54. The Hall–Kier alpha value is -2.02. The first kappa shape index (κ1) is 26.0. The van der Waals surface area contributed by atoms with Gasteiger partial charge in [-0.2, -0.15) is 17.6 Å². The van der Waals surface area contributed by atoms with Gasteiger partial charge in [-0.15, -0.1) is 0 Å². The van der Waals surface area contributed by atoms with Gasteiger partial charge in [0, 0.05) is 13.1 Å². The molecule has 0 aliphatic rings. The summed E-state index contributed by atoms with van der Waals surface area (Å²) in [6.07, 6.45) is -8.67. The Morgan fingerprint density at radius 2 is 1.00 bits per heavy atom. The predicted molar refractivity (Wildman–Crippen MR) is 79.1 cm³/mol. The third kappa shape index (κ3) is 11.6. The zero-order chi connectivity index (χ0) is 21.8. The van der Waals surface area contributed by atoms with Gasteiger partial charge in [-0.3, -0.25) is 0 Å². The van der Waals surface area contributed by atoms with Crippen molar-refractivity contribution in [2.45, 2.75) is 50.4 Å². The Labute approximate surface area is 154 Å². The summed E-state index contributed by atoms with van der Waals surface area (Å²) in [5.74, 6) is -8.86. The molecule has 0 bridgehead atoms. The average molecular weight is 432 g/mol. The number of carbonyl (C=O) groups excluding carboxylic acids is 2. The second kappa shape index (κ2) is 12.4. The first-order chi connectivity index (χ1) is 12.9. The fourth-order valence-corrected chi connectivity index (χ4v) is 1.54.